The molecule has 158 valence electrons. The molecule has 1 unspecified atom stereocenters. The molecular formula is C22H28O6S. The van der Waals surface area contributed by atoms with Gasteiger partial charge >= 0.3 is 10.1 Å². The van der Waals surface area contributed by atoms with E-state index in [9.17, 15) is 13.5 Å². The van der Waals surface area contributed by atoms with Gasteiger partial charge in [0.25, 0.3) is 0 Å². The maximum atomic E-state index is 12.7. The number of hydrogen-bond acceptors (Lipinski definition) is 6. The van der Waals surface area contributed by atoms with Crippen molar-refractivity contribution in [3.8, 4) is 17.2 Å². The summed E-state index contributed by atoms with van der Waals surface area (Å²) in [5.41, 5.74) is 1.88. The minimum Gasteiger partial charge on any atom is -0.504 e. The highest BCUT2D eigenvalue weighted by Gasteiger charge is 2.24. The van der Waals surface area contributed by atoms with Crippen molar-refractivity contribution >= 4 is 10.1 Å². The summed E-state index contributed by atoms with van der Waals surface area (Å²) in [6, 6.07) is 7.95. The second-order valence-electron chi connectivity index (χ2n) is 6.95. The van der Waals surface area contributed by atoms with Gasteiger partial charge in [0.2, 0.25) is 0 Å². The van der Waals surface area contributed by atoms with Gasteiger partial charge in [0, 0.05) is 11.1 Å². The van der Waals surface area contributed by atoms with Crippen LogP contribution in [0.25, 0.3) is 0 Å². The Bertz CT molecular complexity index is 962. The molecule has 0 aliphatic carbocycles. The Morgan fingerprint density at radius 2 is 1.79 bits per heavy atom. The fraction of sp³-hybridized carbons (Fsp3) is 0.364. The van der Waals surface area contributed by atoms with Gasteiger partial charge < -0.3 is 19.1 Å². The number of aliphatic hydroxyl groups is 1. The minimum absolute atomic E-state index is 0.0210. The molecule has 0 saturated carbocycles. The Morgan fingerprint density at radius 3 is 2.38 bits per heavy atom. The lowest BCUT2D eigenvalue weighted by Crippen LogP contribution is -2.11. The van der Waals surface area contributed by atoms with Gasteiger partial charge in [-0.1, -0.05) is 36.8 Å². The highest BCUT2D eigenvalue weighted by atomic mass is 32.2. The fourth-order valence-corrected chi connectivity index (χ4v) is 3.99. The molecule has 0 aliphatic rings. The molecule has 7 heteroatoms. The van der Waals surface area contributed by atoms with Gasteiger partial charge in [0.15, 0.2) is 11.5 Å². The first kappa shape index (κ1) is 22.8. The highest BCUT2D eigenvalue weighted by molar-refractivity contribution is 7.87. The summed E-state index contributed by atoms with van der Waals surface area (Å²) in [6.07, 6.45) is 4.92. The van der Waals surface area contributed by atoms with E-state index in [1.165, 1.54) is 19.2 Å². The number of ether oxygens (including phenoxy) is 1. The molecule has 0 fully saturated rings. The third kappa shape index (κ3) is 5.52. The quantitative estimate of drug-likeness (QED) is 0.466. The number of phenols is 1. The Balaban J connectivity index is 2.41. The van der Waals surface area contributed by atoms with Crippen molar-refractivity contribution in [1.82, 2.24) is 0 Å². The summed E-state index contributed by atoms with van der Waals surface area (Å²) in [5.74, 6) is 0.198. The molecular weight excluding hydrogens is 392 g/mol. The molecule has 2 rings (SSSR count). The van der Waals surface area contributed by atoms with E-state index >= 15 is 0 Å². The Labute approximate surface area is 172 Å². The van der Waals surface area contributed by atoms with E-state index in [-0.39, 0.29) is 34.7 Å². The van der Waals surface area contributed by atoms with E-state index in [1.807, 2.05) is 19.9 Å². The van der Waals surface area contributed by atoms with Gasteiger partial charge in [-0.2, -0.15) is 8.42 Å². The van der Waals surface area contributed by atoms with Gasteiger partial charge in [-0.05, 0) is 50.8 Å². The number of allylic oxidation sites excluding steroid dienone is 1. The first-order chi connectivity index (χ1) is 13.7. The molecule has 0 spiro atoms. The molecule has 2 aromatic carbocycles. The van der Waals surface area contributed by atoms with Gasteiger partial charge in [-0.3, -0.25) is 0 Å². The van der Waals surface area contributed by atoms with Crippen LogP contribution in [-0.4, -0.2) is 32.3 Å². The van der Waals surface area contributed by atoms with E-state index in [0.717, 1.165) is 5.56 Å². The molecule has 6 nitrogen and oxygen atoms in total. The molecule has 0 bridgehead atoms. The number of hydrogen-bond donors (Lipinski definition) is 2. The zero-order valence-electron chi connectivity index (χ0n) is 17.2. The summed E-state index contributed by atoms with van der Waals surface area (Å²) in [4.78, 5) is 0.0540. The third-order valence-corrected chi connectivity index (χ3v) is 6.02. The Hall–Kier alpha value is -2.51. The van der Waals surface area contributed by atoms with Gasteiger partial charge in [0.1, 0.15) is 10.6 Å². The zero-order valence-corrected chi connectivity index (χ0v) is 18.0. The first-order valence-corrected chi connectivity index (χ1v) is 10.8. The number of methoxy groups -OCH3 is 1. The first-order valence-electron chi connectivity index (χ1n) is 9.38. The van der Waals surface area contributed by atoms with Crippen LogP contribution in [0.2, 0.25) is 0 Å². The van der Waals surface area contributed by atoms with Crippen LogP contribution < -0.4 is 8.92 Å². The number of aryl methyl sites for hydroxylation is 1. The monoisotopic (exact) mass is 420 g/mol. The van der Waals surface area contributed by atoms with Crippen LogP contribution in [0.5, 0.6) is 17.2 Å². The summed E-state index contributed by atoms with van der Waals surface area (Å²) in [7, 11) is -2.62. The van der Waals surface area contributed by atoms with E-state index in [1.54, 1.807) is 31.2 Å². The van der Waals surface area contributed by atoms with Crippen molar-refractivity contribution in [1.29, 1.82) is 0 Å². The number of aromatic hydroxyl groups is 1. The van der Waals surface area contributed by atoms with E-state index in [4.69, 9.17) is 14.0 Å². The van der Waals surface area contributed by atoms with E-state index in [0.29, 0.717) is 24.0 Å². The standard InChI is InChI=1S/C22H28O6S/c1-15-9-11-18(12-10-15)29(25,26)28-20-14-19(16(2)8-6-5-7-13-23)21(24)22(27-4)17(20)3/h5,7,9-12,14,16,23-24H,6,8,13H2,1-4H3/b7-5+. The topological polar surface area (TPSA) is 93.1 Å². The second-order valence-corrected chi connectivity index (χ2v) is 8.50. The third-order valence-electron chi connectivity index (χ3n) is 4.77. The van der Waals surface area contributed by atoms with Crippen molar-refractivity contribution in [2.24, 2.45) is 0 Å². The summed E-state index contributed by atoms with van der Waals surface area (Å²) >= 11 is 0. The largest absolute Gasteiger partial charge is 0.504 e. The van der Waals surface area contributed by atoms with Crippen LogP contribution >= 0.6 is 0 Å². The molecule has 0 heterocycles. The number of benzene rings is 2. The fourth-order valence-electron chi connectivity index (χ4n) is 3.02. The Morgan fingerprint density at radius 1 is 1.14 bits per heavy atom. The van der Waals surface area contributed by atoms with Crippen LogP contribution in [0.15, 0.2) is 47.4 Å². The molecule has 2 aromatic rings. The van der Waals surface area contributed by atoms with E-state index in [2.05, 4.69) is 0 Å². The van der Waals surface area contributed by atoms with Crippen molar-refractivity contribution in [3.05, 3.63) is 59.2 Å². The summed E-state index contributed by atoms with van der Waals surface area (Å²) < 4.78 is 36.2. The van der Waals surface area contributed by atoms with Crippen molar-refractivity contribution < 1.29 is 27.6 Å². The van der Waals surface area contributed by atoms with Crippen LogP contribution in [0, 0.1) is 13.8 Å². The lowest BCUT2D eigenvalue weighted by molar-refractivity contribution is 0.342. The highest BCUT2D eigenvalue weighted by Crippen LogP contribution is 2.44. The molecule has 0 radical (unpaired) electrons. The predicted octanol–water partition coefficient (Wildman–Crippen LogP) is 4.22. The molecule has 29 heavy (non-hydrogen) atoms. The summed E-state index contributed by atoms with van der Waals surface area (Å²) in [5, 5.41) is 19.5. The van der Waals surface area contributed by atoms with E-state index < -0.39 is 10.1 Å². The smallest absolute Gasteiger partial charge is 0.339 e. The van der Waals surface area contributed by atoms with Gasteiger partial charge in [-0.25, -0.2) is 0 Å². The van der Waals surface area contributed by atoms with Crippen molar-refractivity contribution in [2.45, 2.75) is 44.4 Å². The summed E-state index contributed by atoms with van der Waals surface area (Å²) in [6.45, 7) is 5.41. The normalized spacial score (nSPS) is 12.9. The molecule has 0 saturated heterocycles. The predicted molar refractivity (Wildman–Crippen MR) is 112 cm³/mol. The van der Waals surface area contributed by atoms with Crippen LogP contribution in [0.3, 0.4) is 0 Å². The van der Waals surface area contributed by atoms with Crippen LogP contribution in [-0.2, 0) is 10.1 Å². The second kappa shape index (κ2) is 9.80. The maximum Gasteiger partial charge on any atom is 0.339 e. The minimum atomic E-state index is -4.03. The van der Waals surface area contributed by atoms with Crippen molar-refractivity contribution in [3.63, 3.8) is 0 Å². The molecule has 1 atom stereocenters. The number of phenolic OH excluding ortho intramolecular Hbond substituents is 1. The van der Waals surface area contributed by atoms with Gasteiger partial charge in [-0.15, -0.1) is 0 Å². The van der Waals surface area contributed by atoms with Crippen molar-refractivity contribution in [2.75, 3.05) is 13.7 Å². The Kier molecular flexibility index (Phi) is 7.70. The lowest BCUT2D eigenvalue weighted by Gasteiger charge is -2.19. The van der Waals surface area contributed by atoms with Gasteiger partial charge in [0.05, 0.1) is 13.7 Å². The van der Waals surface area contributed by atoms with Crippen LogP contribution in [0.4, 0.5) is 0 Å². The molecule has 0 aliphatic heterocycles. The van der Waals surface area contributed by atoms with Crippen LogP contribution in [0.1, 0.15) is 42.4 Å². The molecule has 2 N–H and O–H groups in total. The number of rotatable bonds is 9. The maximum absolute atomic E-state index is 12.7. The molecule has 0 aromatic heterocycles. The average Bonchev–Trinajstić information content (AvgIpc) is 2.68. The molecule has 0 amide bonds. The number of aliphatic hydroxyl groups excluding tert-OH is 1. The lowest BCUT2D eigenvalue weighted by atomic mass is 9.93. The SMILES string of the molecule is COc1c(C)c(OS(=O)(=O)c2ccc(C)cc2)cc(C(C)CC/C=C/CO)c1O. The zero-order chi connectivity index (χ0) is 21.6. The average molecular weight is 421 g/mol.